The number of amides is 1. The standard InChI is InChI=1S/C11H23NO/c1-6-7-11(4,5)10(13)12-8-9(2)3/h9H,6-8H2,1-5H3,(H,12,13). The minimum atomic E-state index is -0.205. The molecule has 0 unspecified atom stereocenters. The monoisotopic (exact) mass is 185 g/mol. The molecule has 0 aliphatic heterocycles. The van der Waals surface area contributed by atoms with Gasteiger partial charge in [0.25, 0.3) is 0 Å². The zero-order valence-corrected chi connectivity index (χ0v) is 9.61. The Morgan fingerprint density at radius 2 is 1.92 bits per heavy atom. The topological polar surface area (TPSA) is 29.1 Å². The normalized spacial score (nSPS) is 11.8. The van der Waals surface area contributed by atoms with Crippen LogP contribution < -0.4 is 5.32 Å². The van der Waals surface area contributed by atoms with E-state index in [-0.39, 0.29) is 11.3 Å². The van der Waals surface area contributed by atoms with Gasteiger partial charge >= 0.3 is 0 Å². The fourth-order valence-electron chi connectivity index (χ4n) is 1.27. The number of hydrogen-bond acceptors (Lipinski definition) is 1. The van der Waals surface area contributed by atoms with Crippen LogP contribution in [0.3, 0.4) is 0 Å². The van der Waals surface area contributed by atoms with Gasteiger partial charge in [-0.15, -0.1) is 0 Å². The molecule has 0 aliphatic rings. The van der Waals surface area contributed by atoms with Crippen molar-refractivity contribution in [2.45, 2.75) is 47.5 Å². The summed E-state index contributed by atoms with van der Waals surface area (Å²) in [7, 11) is 0. The Balaban J connectivity index is 3.94. The molecule has 2 heteroatoms. The second-order valence-electron chi connectivity index (χ2n) is 4.74. The van der Waals surface area contributed by atoms with Crippen molar-refractivity contribution in [1.29, 1.82) is 0 Å². The van der Waals surface area contributed by atoms with Crippen LogP contribution >= 0.6 is 0 Å². The van der Waals surface area contributed by atoms with Gasteiger partial charge in [0.15, 0.2) is 0 Å². The molecule has 1 amide bonds. The van der Waals surface area contributed by atoms with Gasteiger partial charge < -0.3 is 5.32 Å². The predicted molar refractivity (Wildman–Crippen MR) is 56.5 cm³/mol. The molecule has 0 heterocycles. The third-order valence-electron chi connectivity index (χ3n) is 2.16. The van der Waals surface area contributed by atoms with E-state index in [1.807, 2.05) is 13.8 Å². The van der Waals surface area contributed by atoms with Crippen molar-refractivity contribution in [3.05, 3.63) is 0 Å². The Labute approximate surface area is 82.1 Å². The molecule has 0 fully saturated rings. The molecule has 0 spiro atoms. The maximum atomic E-state index is 11.6. The van der Waals surface area contributed by atoms with Gasteiger partial charge in [0.1, 0.15) is 0 Å². The molecular weight excluding hydrogens is 162 g/mol. The summed E-state index contributed by atoms with van der Waals surface area (Å²) in [4.78, 5) is 11.6. The first-order valence-electron chi connectivity index (χ1n) is 5.18. The maximum Gasteiger partial charge on any atom is 0.225 e. The zero-order chi connectivity index (χ0) is 10.5. The van der Waals surface area contributed by atoms with Crippen LogP contribution in [0.4, 0.5) is 0 Å². The molecule has 0 saturated heterocycles. The minimum Gasteiger partial charge on any atom is -0.355 e. The molecule has 0 aliphatic carbocycles. The molecule has 78 valence electrons. The quantitative estimate of drug-likeness (QED) is 0.701. The van der Waals surface area contributed by atoms with Gasteiger partial charge in [0.05, 0.1) is 0 Å². The van der Waals surface area contributed by atoms with Crippen molar-refractivity contribution in [2.24, 2.45) is 11.3 Å². The van der Waals surface area contributed by atoms with Crippen molar-refractivity contribution in [2.75, 3.05) is 6.54 Å². The summed E-state index contributed by atoms with van der Waals surface area (Å²) in [6.45, 7) is 11.1. The van der Waals surface area contributed by atoms with Gasteiger partial charge in [0, 0.05) is 12.0 Å². The first kappa shape index (κ1) is 12.5. The van der Waals surface area contributed by atoms with E-state index >= 15 is 0 Å². The van der Waals surface area contributed by atoms with Gasteiger partial charge in [-0.05, 0) is 12.3 Å². The van der Waals surface area contributed by atoms with Crippen LogP contribution in [0.2, 0.25) is 0 Å². The Hall–Kier alpha value is -0.530. The maximum absolute atomic E-state index is 11.6. The Kier molecular flexibility index (Phi) is 5.04. The molecule has 0 bridgehead atoms. The van der Waals surface area contributed by atoms with Crippen LogP contribution in [0.1, 0.15) is 47.5 Å². The Morgan fingerprint density at radius 3 is 2.31 bits per heavy atom. The highest BCUT2D eigenvalue weighted by molar-refractivity contribution is 5.81. The average Bonchev–Trinajstić information content (AvgIpc) is 1.99. The molecule has 0 aromatic carbocycles. The van der Waals surface area contributed by atoms with E-state index in [0.717, 1.165) is 19.4 Å². The van der Waals surface area contributed by atoms with Crippen LogP contribution in [0.5, 0.6) is 0 Å². The molecule has 0 rings (SSSR count). The Morgan fingerprint density at radius 1 is 1.38 bits per heavy atom. The third kappa shape index (κ3) is 4.91. The van der Waals surface area contributed by atoms with Crippen LogP contribution in [0.15, 0.2) is 0 Å². The second-order valence-corrected chi connectivity index (χ2v) is 4.74. The van der Waals surface area contributed by atoms with Crippen molar-refractivity contribution >= 4 is 5.91 Å². The molecule has 2 nitrogen and oxygen atoms in total. The fraction of sp³-hybridized carbons (Fsp3) is 0.909. The SMILES string of the molecule is CCCC(C)(C)C(=O)NCC(C)C. The molecule has 0 aromatic heterocycles. The highest BCUT2D eigenvalue weighted by Gasteiger charge is 2.25. The smallest absolute Gasteiger partial charge is 0.225 e. The number of carbonyl (C=O) groups is 1. The summed E-state index contributed by atoms with van der Waals surface area (Å²) >= 11 is 0. The van der Waals surface area contributed by atoms with Crippen molar-refractivity contribution < 1.29 is 4.79 Å². The largest absolute Gasteiger partial charge is 0.355 e. The van der Waals surface area contributed by atoms with E-state index in [1.54, 1.807) is 0 Å². The first-order valence-corrected chi connectivity index (χ1v) is 5.18. The van der Waals surface area contributed by atoms with Gasteiger partial charge in [0.2, 0.25) is 5.91 Å². The van der Waals surface area contributed by atoms with E-state index < -0.39 is 0 Å². The summed E-state index contributed by atoms with van der Waals surface area (Å²) in [6.07, 6.45) is 2.01. The van der Waals surface area contributed by atoms with E-state index in [2.05, 4.69) is 26.1 Å². The number of carbonyl (C=O) groups excluding carboxylic acids is 1. The molecule has 0 atom stereocenters. The third-order valence-corrected chi connectivity index (χ3v) is 2.16. The van der Waals surface area contributed by atoms with E-state index in [0.29, 0.717) is 5.92 Å². The number of rotatable bonds is 5. The fourth-order valence-corrected chi connectivity index (χ4v) is 1.27. The predicted octanol–water partition coefficient (Wildman–Crippen LogP) is 2.58. The average molecular weight is 185 g/mol. The minimum absolute atomic E-state index is 0.183. The van der Waals surface area contributed by atoms with Crippen molar-refractivity contribution in [1.82, 2.24) is 5.32 Å². The van der Waals surface area contributed by atoms with Crippen LogP contribution in [0, 0.1) is 11.3 Å². The van der Waals surface area contributed by atoms with Crippen molar-refractivity contribution in [3.63, 3.8) is 0 Å². The second kappa shape index (κ2) is 5.25. The molecule has 0 aromatic rings. The lowest BCUT2D eigenvalue weighted by Gasteiger charge is -2.23. The summed E-state index contributed by atoms with van der Waals surface area (Å²) in [5.41, 5.74) is -0.205. The summed E-state index contributed by atoms with van der Waals surface area (Å²) in [6, 6.07) is 0. The number of nitrogens with one attached hydrogen (secondary N) is 1. The number of hydrogen-bond donors (Lipinski definition) is 1. The lowest BCUT2D eigenvalue weighted by atomic mass is 9.87. The van der Waals surface area contributed by atoms with Gasteiger partial charge in [-0.25, -0.2) is 0 Å². The lowest BCUT2D eigenvalue weighted by Crippen LogP contribution is -2.38. The summed E-state index contributed by atoms with van der Waals surface area (Å²) in [5, 5.41) is 2.97. The van der Waals surface area contributed by atoms with Crippen LogP contribution in [-0.2, 0) is 4.79 Å². The zero-order valence-electron chi connectivity index (χ0n) is 9.61. The first-order chi connectivity index (χ1) is 5.90. The molecular formula is C11H23NO. The Bertz CT molecular complexity index is 161. The van der Waals surface area contributed by atoms with Gasteiger partial charge in [-0.1, -0.05) is 41.0 Å². The molecule has 13 heavy (non-hydrogen) atoms. The van der Waals surface area contributed by atoms with Gasteiger partial charge in [-0.2, -0.15) is 0 Å². The van der Waals surface area contributed by atoms with E-state index in [9.17, 15) is 4.79 Å². The molecule has 0 saturated carbocycles. The van der Waals surface area contributed by atoms with Crippen LogP contribution in [0.25, 0.3) is 0 Å². The van der Waals surface area contributed by atoms with Crippen LogP contribution in [-0.4, -0.2) is 12.5 Å². The summed E-state index contributed by atoms with van der Waals surface area (Å²) in [5.74, 6) is 0.712. The van der Waals surface area contributed by atoms with E-state index in [1.165, 1.54) is 0 Å². The highest BCUT2D eigenvalue weighted by Crippen LogP contribution is 2.21. The lowest BCUT2D eigenvalue weighted by molar-refractivity contribution is -0.129. The highest BCUT2D eigenvalue weighted by atomic mass is 16.2. The molecule has 1 N–H and O–H groups in total. The van der Waals surface area contributed by atoms with Gasteiger partial charge in [-0.3, -0.25) is 4.79 Å². The summed E-state index contributed by atoms with van der Waals surface area (Å²) < 4.78 is 0. The van der Waals surface area contributed by atoms with E-state index in [4.69, 9.17) is 0 Å². The van der Waals surface area contributed by atoms with Crippen molar-refractivity contribution in [3.8, 4) is 0 Å². The molecule has 0 radical (unpaired) electrons.